The Morgan fingerprint density at radius 2 is 0.404 bits per heavy atom. The molecule has 280 valence electrons. The van der Waals surface area contributed by atoms with Gasteiger partial charge in [-0.05, 0) is 49.9 Å². The highest BCUT2D eigenvalue weighted by molar-refractivity contribution is 5.70. The Bertz CT molecular complexity index is 1600. The van der Waals surface area contributed by atoms with Crippen LogP contribution in [-0.4, -0.2) is 61.3 Å². The molecule has 4 aromatic rings. The lowest BCUT2D eigenvalue weighted by atomic mass is 9.76. The molecule has 0 unspecified atom stereocenters. The molecule has 0 radical (unpaired) electrons. The van der Waals surface area contributed by atoms with Gasteiger partial charge in [0, 0.05) is 68.2 Å². The second-order valence-electron chi connectivity index (χ2n) is 13.8. The quantitative estimate of drug-likeness (QED) is 0.0771. The lowest BCUT2D eigenvalue weighted by Crippen LogP contribution is -2.11. The summed E-state index contributed by atoms with van der Waals surface area (Å²) in [6.07, 6.45) is 2.70. The maximum absolute atomic E-state index is 11.4. The molecule has 0 heterocycles. The molecule has 12 N–H and O–H groups in total. The van der Waals surface area contributed by atoms with E-state index in [-0.39, 0.29) is 70.2 Å². The highest BCUT2D eigenvalue weighted by Crippen LogP contribution is 2.58. The second kappa shape index (κ2) is 14.6. The molecule has 0 atom stereocenters. The third kappa shape index (κ3) is 5.99. The number of fused-ring (bicyclic) bond motifs is 8. The predicted molar refractivity (Wildman–Crippen MR) is 193 cm³/mol. The molecule has 5 rings (SSSR count). The van der Waals surface area contributed by atoms with Crippen molar-refractivity contribution in [2.45, 2.75) is 103 Å². The molecule has 0 saturated heterocycles. The van der Waals surface area contributed by atoms with Crippen molar-refractivity contribution in [1.82, 2.24) is 0 Å². The summed E-state index contributed by atoms with van der Waals surface area (Å²) in [7, 11) is 0. The van der Waals surface area contributed by atoms with Crippen molar-refractivity contribution in [2.75, 3.05) is 0 Å². The maximum Gasteiger partial charge on any atom is 0.200 e. The number of aromatic hydroxyl groups is 12. The van der Waals surface area contributed by atoms with Crippen molar-refractivity contribution in [3.63, 3.8) is 0 Å². The summed E-state index contributed by atoms with van der Waals surface area (Å²) in [4.78, 5) is 0. The largest absolute Gasteiger partial charge is 0.504 e. The molecule has 12 nitrogen and oxygen atoms in total. The van der Waals surface area contributed by atoms with Crippen molar-refractivity contribution < 1.29 is 61.3 Å². The third-order valence-corrected chi connectivity index (χ3v) is 10.5. The van der Waals surface area contributed by atoms with Crippen molar-refractivity contribution >= 4 is 0 Å². The van der Waals surface area contributed by atoms with Crippen molar-refractivity contribution in [3.05, 3.63) is 68.8 Å². The average molecular weight is 721 g/mol. The van der Waals surface area contributed by atoms with Crippen LogP contribution in [0.1, 0.15) is 147 Å². The van der Waals surface area contributed by atoms with Gasteiger partial charge in [-0.15, -0.1) is 0 Å². The Labute approximate surface area is 301 Å². The summed E-state index contributed by atoms with van der Waals surface area (Å²) < 4.78 is 0. The SMILES string of the molecule is CCCC1c2cc(c(O)c(O)c2O)C(CCC)c2cc(c(O)c(O)c2O)C(CCC)c2cc(c(O)c(O)c2O)C(CCC)c2cc1c(O)c(O)c2O. The fraction of sp³-hybridized carbons (Fsp3) is 0.400. The first-order chi connectivity index (χ1) is 24.7. The van der Waals surface area contributed by atoms with Gasteiger partial charge >= 0.3 is 0 Å². The zero-order valence-corrected chi connectivity index (χ0v) is 29.6. The molecule has 52 heavy (non-hydrogen) atoms. The minimum absolute atomic E-state index is 0.0395. The van der Waals surface area contributed by atoms with E-state index < -0.39 is 92.7 Å². The second-order valence-corrected chi connectivity index (χ2v) is 13.8. The van der Waals surface area contributed by atoms with Crippen molar-refractivity contribution in [3.8, 4) is 69.0 Å². The van der Waals surface area contributed by atoms with Crippen molar-refractivity contribution in [1.29, 1.82) is 0 Å². The van der Waals surface area contributed by atoms with Gasteiger partial charge in [0.15, 0.2) is 46.0 Å². The van der Waals surface area contributed by atoms with Gasteiger partial charge in [-0.2, -0.15) is 0 Å². The van der Waals surface area contributed by atoms with Gasteiger partial charge in [0.1, 0.15) is 0 Å². The van der Waals surface area contributed by atoms with Crippen LogP contribution in [0, 0.1) is 0 Å². The van der Waals surface area contributed by atoms with Gasteiger partial charge in [-0.3, -0.25) is 0 Å². The molecular weight excluding hydrogens is 672 g/mol. The van der Waals surface area contributed by atoms with E-state index in [9.17, 15) is 61.3 Å². The molecule has 0 saturated carbocycles. The standard InChI is InChI=1S/C40H48O12/c1-5-9-17-21-13-23(31(43)37(49)29(21)41)18(10-6-2)25-15-27(35(47)39(51)33(25)45)20(12-8-4)28-16-26(34(46)40(52)36(28)48)19(11-7-3)24-14-22(17)30(42)38(50)32(24)44/h13-20,41-52H,5-12H2,1-4H3. The summed E-state index contributed by atoms with van der Waals surface area (Å²) in [6.45, 7) is 7.33. The van der Waals surface area contributed by atoms with E-state index in [4.69, 9.17) is 0 Å². The monoisotopic (exact) mass is 720 g/mol. The molecule has 8 bridgehead atoms. The molecule has 0 spiro atoms. The normalized spacial score (nSPS) is 18.4. The minimum atomic E-state index is -0.971. The third-order valence-electron chi connectivity index (χ3n) is 10.5. The Kier molecular flexibility index (Phi) is 10.6. The number of phenols is 12. The molecule has 12 heteroatoms. The summed E-state index contributed by atoms with van der Waals surface area (Å²) in [5.41, 5.74) is 0.316. The van der Waals surface area contributed by atoms with E-state index >= 15 is 0 Å². The molecule has 1 aliphatic carbocycles. The fourth-order valence-corrected chi connectivity index (χ4v) is 7.95. The Hall–Kier alpha value is -5.52. The first kappa shape index (κ1) is 37.7. The van der Waals surface area contributed by atoms with Gasteiger partial charge in [-0.1, -0.05) is 53.4 Å². The van der Waals surface area contributed by atoms with E-state index in [1.807, 2.05) is 27.7 Å². The molecule has 0 aliphatic heterocycles. The van der Waals surface area contributed by atoms with E-state index in [0.717, 1.165) is 0 Å². The van der Waals surface area contributed by atoms with Crippen LogP contribution in [-0.2, 0) is 0 Å². The van der Waals surface area contributed by atoms with Crippen LogP contribution in [0.15, 0.2) is 24.3 Å². The lowest BCUT2D eigenvalue weighted by Gasteiger charge is -2.29. The molecular formula is C40H48O12. The highest BCUT2D eigenvalue weighted by Gasteiger charge is 2.36. The Balaban J connectivity index is 2.06. The van der Waals surface area contributed by atoms with Crippen LogP contribution in [0.3, 0.4) is 0 Å². The van der Waals surface area contributed by atoms with Crippen LogP contribution >= 0.6 is 0 Å². The summed E-state index contributed by atoms with van der Waals surface area (Å²) >= 11 is 0. The van der Waals surface area contributed by atoms with Crippen LogP contribution in [0.2, 0.25) is 0 Å². The highest BCUT2D eigenvalue weighted by atomic mass is 16.3. The molecule has 1 aliphatic rings. The molecule has 0 amide bonds. The van der Waals surface area contributed by atoms with Crippen LogP contribution < -0.4 is 0 Å². The van der Waals surface area contributed by atoms with Gasteiger partial charge in [-0.25, -0.2) is 0 Å². The Morgan fingerprint density at radius 1 is 0.269 bits per heavy atom. The number of hydrogen-bond acceptors (Lipinski definition) is 12. The maximum atomic E-state index is 11.4. The Morgan fingerprint density at radius 3 is 0.519 bits per heavy atom. The number of rotatable bonds is 8. The van der Waals surface area contributed by atoms with Crippen LogP contribution in [0.5, 0.6) is 69.0 Å². The number of benzene rings is 4. The lowest BCUT2D eigenvalue weighted by molar-refractivity contribution is 0.348. The van der Waals surface area contributed by atoms with Crippen molar-refractivity contribution in [2.24, 2.45) is 0 Å². The summed E-state index contributed by atoms with van der Waals surface area (Å²) in [5, 5.41) is 136. The molecule has 0 fully saturated rings. The first-order valence-electron chi connectivity index (χ1n) is 17.8. The van der Waals surface area contributed by atoms with Gasteiger partial charge in [0.25, 0.3) is 0 Å². The zero-order chi connectivity index (χ0) is 38.3. The van der Waals surface area contributed by atoms with Gasteiger partial charge < -0.3 is 61.3 Å². The van der Waals surface area contributed by atoms with E-state index in [1.165, 1.54) is 24.3 Å². The van der Waals surface area contributed by atoms with E-state index in [0.29, 0.717) is 25.7 Å². The summed E-state index contributed by atoms with van der Waals surface area (Å²) in [5.74, 6) is -13.1. The van der Waals surface area contributed by atoms with E-state index in [2.05, 4.69) is 0 Å². The smallest absolute Gasteiger partial charge is 0.200 e. The van der Waals surface area contributed by atoms with Gasteiger partial charge in [0.2, 0.25) is 23.0 Å². The fourth-order valence-electron chi connectivity index (χ4n) is 7.95. The average Bonchev–Trinajstić information content (AvgIpc) is 3.12. The first-order valence-corrected chi connectivity index (χ1v) is 17.8. The van der Waals surface area contributed by atoms with Crippen LogP contribution in [0.25, 0.3) is 0 Å². The topological polar surface area (TPSA) is 243 Å². The summed E-state index contributed by atoms with van der Waals surface area (Å²) in [6, 6.07) is 5.70. The zero-order valence-electron chi connectivity index (χ0n) is 29.6. The van der Waals surface area contributed by atoms with Gasteiger partial charge in [0.05, 0.1) is 0 Å². The predicted octanol–water partition coefficient (Wildman–Crippen LogP) is 8.20. The number of hydrogen-bond donors (Lipinski definition) is 12. The minimum Gasteiger partial charge on any atom is -0.504 e. The van der Waals surface area contributed by atoms with Crippen LogP contribution in [0.4, 0.5) is 0 Å². The molecule has 0 aromatic heterocycles. The van der Waals surface area contributed by atoms with E-state index in [1.54, 1.807) is 0 Å². The number of phenolic OH excluding ortho intramolecular Hbond substituents is 12. The molecule has 4 aromatic carbocycles.